The summed E-state index contributed by atoms with van der Waals surface area (Å²) in [5.74, 6) is 0.732. The molecule has 0 bridgehead atoms. The molecule has 3 N–H and O–H groups in total. The fraction of sp³-hybridized carbons (Fsp3) is 0.292. The number of carbonyl (C=O) groups is 1. The van der Waals surface area contributed by atoms with Gasteiger partial charge in [-0.2, -0.15) is 0 Å². The summed E-state index contributed by atoms with van der Waals surface area (Å²) in [5, 5.41) is 3.36. The van der Waals surface area contributed by atoms with Gasteiger partial charge in [0.05, 0.1) is 6.42 Å². The van der Waals surface area contributed by atoms with Gasteiger partial charge in [0, 0.05) is 25.7 Å². The molecule has 0 heterocycles. The number of ketones is 1. The Balaban J connectivity index is 1.88. The molecule has 0 amide bonds. The normalized spacial score (nSPS) is 15.3. The third-order valence-electron chi connectivity index (χ3n) is 4.42. The van der Waals surface area contributed by atoms with Crippen LogP contribution in [0.15, 0.2) is 81.9 Å². The van der Waals surface area contributed by atoms with Gasteiger partial charge in [-0.3, -0.25) is 9.79 Å². The van der Waals surface area contributed by atoms with E-state index < -0.39 is 0 Å². The predicted molar refractivity (Wildman–Crippen MR) is 122 cm³/mol. The zero-order valence-electron chi connectivity index (χ0n) is 17.5. The van der Waals surface area contributed by atoms with Crippen LogP contribution in [-0.2, 0) is 4.79 Å². The van der Waals surface area contributed by atoms with Gasteiger partial charge in [0.25, 0.3) is 0 Å². The summed E-state index contributed by atoms with van der Waals surface area (Å²) in [6, 6.07) is 7.83. The van der Waals surface area contributed by atoms with Crippen LogP contribution in [-0.4, -0.2) is 37.6 Å². The summed E-state index contributed by atoms with van der Waals surface area (Å²) in [6.07, 6.45) is 13.1. The maximum absolute atomic E-state index is 12.3. The molecule has 152 valence electrons. The lowest BCUT2D eigenvalue weighted by Gasteiger charge is -2.07. The van der Waals surface area contributed by atoms with Crippen LogP contribution < -0.4 is 11.1 Å². The van der Waals surface area contributed by atoms with Gasteiger partial charge in [0.2, 0.25) is 0 Å². The van der Waals surface area contributed by atoms with E-state index in [4.69, 9.17) is 5.73 Å². The molecule has 2 rings (SSSR count). The molecule has 5 heteroatoms. The van der Waals surface area contributed by atoms with Crippen molar-refractivity contribution in [1.29, 1.82) is 0 Å². The van der Waals surface area contributed by atoms with E-state index >= 15 is 0 Å². The number of nitrogens with one attached hydrogen (secondary N) is 1. The highest BCUT2D eigenvalue weighted by Crippen LogP contribution is 2.10. The molecule has 5 nitrogen and oxygen atoms in total. The second-order valence-electron chi connectivity index (χ2n) is 7.00. The quantitative estimate of drug-likeness (QED) is 0.404. The van der Waals surface area contributed by atoms with E-state index in [9.17, 15) is 4.79 Å². The first kappa shape index (κ1) is 22.2. The van der Waals surface area contributed by atoms with Crippen LogP contribution in [0.1, 0.15) is 30.9 Å². The van der Waals surface area contributed by atoms with E-state index in [1.54, 1.807) is 13.1 Å². The Morgan fingerprint density at radius 2 is 2.07 bits per heavy atom. The number of amidine groups is 2. The summed E-state index contributed by atoms with van der Waals surface area (Å²) in [5.41, 5.74) is 10.2. The van der Waals surface area contributed by atoms with Gasteiger partial charge in [-0.15, -0.1) is 0 Å². The number of rotatable bonds is 8. The Labute approximate surface area is 173 Å². The minimum Gasteiger partial charge on any atom is -0.387 e. The van der Waals surface area contributed by atoms with Crippen molar-refractivity contribution < 1.29 is 4.79 Å². The van der Waals surface area contributed by atoms with Crippen molar-refractivity contribution in [2.24, 2.45) is 15.7 Å². The number of aliphatic imine (C=N–C) groups is 2. The molecular weight excluding hydrogens is 360 g/mol. The average Bonchev–Trinajstić information content (AvgIpc) is 2.95. The largest absolute Gasteiger partial charge is 0.387 e. The molecule has 0 fully saturated rings. The number of nitrogens with two attached hydrogens (primary N) is 1. The molecule has 0 aliphatic heterocycles. The monoisotopic (exact) mass is 390 g/mol. The zero-order chi connectivity index (χ0) is 21.1. The molecule has 0 saturated carbocycles. The van der Waals surface area contributed by atoms with E-state index in [1.807, 2.05) is 50.3 Å². The van der Waals surface area contributed by atoms with Crippen LogP contribution in [0.2, 0.25) is 0 Å². The molecule has 29 heavy (non-hydrogen) atoms. The van der Waals surface area contributed by atoms with Crippen molar-refractivity contribution in [1.82, 2.24) is 5.32 Å². The first-order chi connectivity index (χ1) is 14.0. The van der Waals surface area contributed by atoms with Crippen molar-refractivity contribution in [3.8, 4) is 0 Å². The van der Waals surface area contributed by atoms with Gasteiger partial charge < -0.3 is 11.1 Å². The molecule has 1 aromatic carbocycles. The third-order valence-corrected chi connectivity index (χ3v) is 4.42. The highest BCUT2D eigenvalue weighted by Gasteiger charge is 2.08. The smallest absolute Gasteiger partial charge is 0.163 e. The van der Waals surface area contributed by atoms with Gasteiger partial charge in [-0.25, -0.2) is 4.99 Å². The minimum atomic E-state index is -0.0661. The number of nitrogens with zero attached hydrogens (tertiary/aromatic N) is 2. The maximum atomic E-state index is 12.3. The molecule has 0 spiro atoms. The highest BCUT2D eigenvalue weighted by molar-refractivity contribution is 6.12. The Kier molecular flexibility index (Phi) is 8.99. The summed E-state index contributed by atoms with van der Waals surface area (Å²) in [7, 11) is 1.67. The maximum Gasteiger partial charge on any atom is 0.163 e. The van der Waals surface area contributed by atoms with Gasteiger partial charge in [0.1, 0.15) is 5.84 Å². The Morgan fingerprint density at radius 3 is 2.83 bits per heavy atom. The lowest BCUT2D eigenvalue weighted by Crippen LogP contribution is -2.21. The first-order valence-electron chi connectivity index (χ1n) is 9.78. The average molecular weight is 391 g/mol. The molecule has 1 aliphatic rings. The van der Waals surface area contributed by atoms with Crippen LogP contribution in [0.5, 0.6) is 0 Å². The Hall–Kier alpha value is -3.05. The molecule has 1 aromatic rings. The molecule has 0 saturated heterocycles. The van der Waals surface area contributed by atoms with Crippen LogP contribution >= 0.6 is 0 Å². The highest BCUT2D eigenvalue weighted by atomic mass is 16.1. The van der Waals surface area contributed by atoms with Crippen LogP contribution in [0, 0.1) is 6.92 Å². The van der Waals surface area contributed by atoms with Crippen LogP contribution in [0.4, 0.5) is 0 Å². The lowest BCUT2D eigenvalue weighted by molar-refractivity contribution is -0.113. The second-order valence-corrected chi connectivity index (χ2v) is 7.00. The van der Waals surface area contributed by atoms with E-state index in [1.165, 1.54) is 5.57 Å². The first-order valence-corrected chi connectivity index (χ1v) is 9.78. The third kappa shape index (κ3) is 7.84. The molecule has 0 unspecified atom stereocenters. The van der Waals surface area contributed by atoms with Crippen molar-refractivity contribution in [3.05, 3.63) is 83.0 Å². The summed E-state index contributed by atoms with van der Waals surface area (Å²) < 4.78 is 0. The van der Waals surface area contributed by atoms with E-state index in [0.29, 0.717) is 12.4 Å². The van der Waals surface area contributed by atoms with Crippen LogP contribution in [0.3, 0.4) is 0 Å². The van der Waals surface area contributed by atoms with E-state index in [2.05, 4.69) is 33.5 Å². The summed E-state index contributed by atoms with van der Waals surface area (Å²) in [4.78, 5) is 20.9. The van der Waals surface area contributed by atoms with Crippen molar-refractivity contribution in [2.75, 3.05) is 20.1 Å². The SMILES string of the molecule is CN=C(N=C(N)CC(=O)/C=C(\C)CNCC1=CCC=CC=C1)c1ccccc1C. The van der Waals surface area contributed by atoms with Crippen molar-refractivity contribution in [3.63, 3.8) is 0 Å². The number of allylic oxidation sites excluding steroid dienone is 5. The fourth-order valence-corrected chi connectivity index (χ4v) is 2.94. The standard InChI is InChI=1S/C24H30N4O/c1-18(16-27-17-20-11-6-4-5-7-12-20)14-21(29)15-23(25)28-24(26-3)22-13-9-8-10-19(22)2/h4-6,8-14,27H,7,15-17H2,1-3H3,(H2,25,26,28)/b18-14+. The van der Waals surface area contributed by atoms with E-state index in [0.717, 1.165) is 29.7 Å². The van der Waals surface area contributed by atoms with Gasteiger partial charge in [-0.05, 0) is 37.5 Å². The number of carbonyl (C=O) groups excluding carboxylic acids is 1. The zero-order valence-corrected chi connectivity index (χ0v) is 17.5. The Morgan fingerprint density at radius 1 is 1.28 bits per heavy atom. The molecule has 0 aromatic heterocycles. The predicted octanol–water partition coefficient (Wildman–Crippen LogP) is 3.67. The molecule has 0 atom stereocenters. The van der Waals surface area contributed by atoms with E-state index in [-0.39, 0.29) is 18.0 Å². The number of hydrogen-bond acceptors (Lipinski definition) is 3. The molecule has 1 aliphatic carbocycles. The lowest BCUT2D eigenvalue weighted by atomic mass is 10.1. The van der Waals surface area contributed by atoms with Gasteiger partial charge >= 0.3 is 0 Å². The van der Waals surface area contributed by atoms with Crippen LogP contribution in [0.25, 0.3) is 0 Å². The van der Waals surface area contributed by atoms with Gasteiger partial charge in [-0.1, -0.05) is 60.2 Å². The minimum absolute atomic E-state index is 0.0661. The van der Waals surface area contributed by atoms with Crippen molar-refractivity contribution in [2.45, 2.75) is 26.7 Å². The molecular formula is C24H30N4O. The molecule has 0 radical (unpaired) electrons. The van der Waals surface area contributed by atoms with Crippen molar-refractivity contribution >= 4 is 17.5 Å². The summed E-state index contributed by atoms with van der Waals surface area (Å²) >= 11 is 0. The topological polar surface area (TPSA) is 79.8 Å². The van der Waals surface area contributed by atoms with Gasteiger partial charge in [0.15, 0.2) is 11.6 Å². The fourth-order valence-electron chi connectivity index (χ4n) is 2.94. The number of benzene rings is 1. The number of aryl methyl sites for hydroxylation is 1. The number of hydrogen-bond donors (Lipinski definition) is 2. The second kappa shape index (κ2) is 11.7. The summed E-state index contributed by atoms with van der Waals surface area (Å²) in [6.45, 7) is 5.34. The Bertz CT molecular complexity index is 901.